The van der Waals surface area contributed by atoms with Crippen molar-refractivity contribution >= 4 is 43.5 Å². The molecule has 0 heterocycles. The number of amidine groups is 1. The van der Waals surface area contributed by atoms with Crippen LogP contribution >= 0.6 is 15.9 Å². The van der Waals surface area contributed by atoms with E-state index in [-0.39, 0.29) is 22.6 Å². The molecule has 0 atom stereocenters. The fourth-order valence-corrected chi connectivity index (χ4v) is 3.00. The van der Waals surface area contributed by atoms with Gasteiger partial charge >= 0.3 is 6.18 Å². The van der Waals surface area contributed by atoms with Crippen molar-refractivity contribution in [3.05, 3.63) is 58.6 Å². The highest BCUT2D eigenvalue weighted by atomic mass is 79.9. The number of hydrogen-bond acceptors (Lipinski definition) is 4. The highest BCUT2D eigenvalue weighted by Crippen LogP contribution is 2.23. The van der Waals surface area contributed by atoms with Crippen molar-refractivity contribution in [3.63, 3.8) is 0 Å². The van der Waals surface area contributed by atoms with Crippen molar-refractivity contribution in [1.82, 2.24) is 0 Å². The predicted molar refractivity (Wildman–Crippen MR) is 97.5 cm³/mol. The minimum atomic E-state index is -4.66. The fraction of sp³-hybridized carbons (Fsp3) is 0.125. The Hall–Kier alpha value is -2.20. The number of nitrogens with one attached hydrogen (secondary N) is 1. The van der Waals surface area contributed by atoms with Gasteiger partial charge in [-0.05, 0) is 36.4 Å². The maximum Gasteiger partial charge on any atom is 0.428 e. The van der Waals surface area contributed by atoms with Crippen LogP contribution in [0, 0.1) is 5.41 Å². The monoisotopic (exact) mass is 447 g/mol. The van der Waals surface area contributed by atoms with Gasteiger partial charge in [0.1, 0.15) is 6.21 Å². The highest BCUT2D eigenvalue weighted by molar-refractivity contribution is 9.10. The van der Waals surface area contributed by atoms with Crippen LogP contribution in [-0.2, 0) is 9.84 Å². The van der Waals surface area contributed by atoms with Crippen LogP contribution in [0.4, 0.5) is 18.9 Å². The minimum absolute atomic E-state index is 0.00925. The molecule has 0 aliphatic carbocycles. The minimum Gasteiger partial charge on any atom is -0.282 e. The van der Waals surface area contributed by atoms with Gasteiger partial charge in [-0.25, -0.2) is 13.4 Å². The molecule has 0 radical (unpaired) electrons. The van der Waals surface area contributed by atoms with Gasteiger partial charge in [0.05, 0.1) is 10.6 Å². The number of halogens is 4. The van der Waals surface area contributed by atoms with Gasteiger partial charge in [-0.1, -0.05) is 28.1 Å². The molecule has 0 spiro atoms. The van der Waals surface area contributed by atoms with E-state index < -0.39 is 16.0 Å². The Kier molecular flexibility index (Phi) is 5.87. The van der Waals surface area contributed by atoms with Crippen LogP contribution in [0.2, 0.25) is 0 Å². The summed E-state index contributed by atoms with van der Waals surface area (Å²) in [7, 11) is -3.46. The van der Waals surface area contributed by atoms with E-state index in [1.165, 1.54) is 24.3 Å². The predicted octanol–water partition coefficient (Wildman–Crippen LogP) is 4.23. The van der Waals surface area contributed by atoms with E-state index in [0.29, 0.717) is 10.0 Å². The summed E-state index contributed by atoms with van der Waals surface area (Å²) in [6.45, 7) is 0. The average Bonchev–Trinajstić information content (AvgIpc) is 2.53. The van der Waals surface area contributed by atoms with Gasteiger partial charge in [0.2, 0.25) is 0 Å². The Morgan fingerprint density at radius 3 is 2.31 bits per heavy atom. The van der Waals surface area contributed by atoms with Crippen molar-refractivity contribution in [2.24, 2.45) is 5.10 Å². The normalized spacial score (nSPS) is 12.3. The van der Waals surface area contributed by atoms with Crippen molar-refractivity contribution in [3.8, 4) is 0 Å². The molecule has 2 rings (SSSR count). The molecule has 0 aliphatic heterocycles. The number of rotatable bonds is 4. The third kappa shape index (κ3) is 5.40. The molecule has 1 N–H and O–H groups in total. The van der Waals surface area contributed by atoms with Crippen LogP contribution in [0.15, 0.2) is 63.0 Å². The summed E-state index contributed by atoms with van der Waals surface area (Å²) < 4.78 is 61.3. The largest absolute Gasteiger partial charge is 0.428 e. The highest BCUT2D eigenvalue weighted by Gasteiger charge is 2.25. The van der Waals surface area contributed by atoms with Gasteiger partial charge in [0.15, 0.2) is 15.7 Å². The second-order valence-electron chi connectivity index (χ2n) is 5.22. The Bertz CT molecular complexity index is 942. The summed E-state index contributed by atoms with van der Waals surface area (Å²) >= 11 is 3.24. The zero-order chi connectivity index (χ0) is 19.5. The summed E-state index contributed by atoms with van der Waals surface area (Å²) in [4.78, 5) is 0.00925. The Balaban J connectivity index is 2.47. The van der Waals surface area contributed by atoms with Gasteiger partial charge in [-0.15, -0.1) is 0 Å². The average molecular weight is 448 g/mol. The van der Waals surface area contributed by atoms with Crippen LogP contribution in [-0.4, -0.2) is 32.9 Å². The zero-order valence-electron chi connectivity index (χ0n) is 13.3. The molecule has 0 saturated carbocycles. The fourth-order valence-electron chi connectivity index (χ4n) is 1.97. The number of alkyl halides is 3. The van der Waals surface area contributed by atoms with Crippen LogP contribution in [0.25, 0.3) is 0 Å². The number of benzene rings is 2. The first-order chi connectivity index (χ1) is 12.0. The molecule has 2 aromatic rings. The molecule has 0 fully saturated rings. The van der Waals surface area contributed by atoms with Gasteiger partial charge in [-0.2, -0.15) is 18.3 Å². The van der Waals surface area contributed by atoms with Crippen molar-refractivity contribution in [2.45, 2.75) is 11.1 Å². The molecule has 138 valence electrons. The second-order valence-corrected chi connectivity index (χ2v) is 8.15. The van der Waals surface area contributed by atoms with E-state index in [9.17, 15) is 21.6 Å². The number of nitrogens with zero attached hydrogens (tertiary/aromatic N) is 2. The molecule has 0 unspecified atom stereocenters. The molecule has 0 saturated heterocycles. The van der Waals surface area contributed by atoms with Crippen LogP contribution < -0.4 is 5.01 Å². The summed E-state index contributed by atoms with van der Waals surface area (Å²) in [5.41, 5.74) is 0.439. The molecule has 0 aliphatic rings. The molecular formula is C16H13BrF3N3O2S. The Labute approximate surface area is 156 Å². The summed E-state index contributed by atoms with van der Waals surface area (Å²) in [5, 5.41) is 12.3. The molecule has 0 bridgehead atoms. The molecule has 0 aromatic heterocycles. The lowest BCUT2D eigenvalue weighted by Gasteiger charge is -2.20. The maximum absolute atomic E-state index is 12.5. The molecule has 10 heteroatoms. The first kappa shape index (κ1) is 20.1. The Morgan fingerprint density at radius 1 is 1.19 bits per heavy atom. The van der Waals surface area contributed by atoms with Gasteiger partial charge in [0.25, 0.3) is 0 Å². The van der Waals surface area contributed by atoms with E-state index in [2.05, 4.69) is 21.0 Å². The molecule has 26 heavy (non-hydrogen) atoms. The zero-order valence-corrected chi connectivity index (χ0v) is 15.7. The van der Waals surface area contributed by atoms with E-state index in [1.807, 2.05) is 0 Å². The third-order valence-electron chi connectivity index (χ3n) is 3.14. The number of hydrogen-bond donors (Lipinski definition) is 1. The van der Waals surface area contributed by atoms with Crippen LogP contribution in [0.3, 0.4) is 0 Å². The van der Waals surface area contributed by atoms with Crippen LogP contribution in [0.5, 0.6) is 0 Å². The molecule has 0 amide bonds. The lowest BCUT2D eigenvalue weighted by molar-refractivity contribution is -0.0537. The first-order valence-corrected chi connectivity index (χ1v) is 9.72. The number of anilines is 1. The molecule has 5 nitrogen and oxygen atoms in total. The lowest BCUT2D eigenvalue weighted by atomic mass is 10.2. The van der Waals surface area contributed by atoms with Crippen molar-refractivity contribution < 1.29 is 21.6 Å². The van der Waals surface area contributed by atoms with E-state index in [1.54, 1.807) is 24.3 Å². The van der Waals surface area contributed by atoms with E-state index >= 15 is 0 Å². The van der Waals surface area contributed by atoms with Gasteiger partial charge in [-0.3, -0.25) is 5.41 Å². The van der Waals surface area contributed by atoms with Crippen molar-refractivity contribution in [2.75, 3.05) is 11.3 Å². The van der Waals surface area contributed by atoms with Crippen LogP contribution in [0.1, 0.15) is 5.56 Å². The first-order valence-electron chi connectivity index (χ1n) is 7.04. The van der Waals surface area contributed by atoms with E-state index in [0.717, 1.165) is 11.3 Å². The summed E-state index contributed by atoms with van der Waals surface area (Å²) in [6, 6.07) is 11.5. The van der Waals surface area contributed by atoms with Gasteiger partial charge in [0, 0.05) is 16.3 Å². The smallest absolute Gasteiger partial charge is 0.282 e. The SMILES string of the molecule is CS(=O)(=O)c1ccc(N(/N=C/C(F)(F)F)C(=N)c2cccc(Br)c2)cc1. The number of sulfone groups is 1. The second kappa shape index (κ2) is 7.58. The van der Waals surface area contributed by atoms with Crippen molar-refractivity contribution in [1.29, 1.82) is 5.41 Å². The number of hydrazone groups is 1. The molecular weight excluding hydrogens is 435 g/mol. The standard InChI is InChI=1S/C16H13BrF3N3O2S/c1-26(24,25)14-7-5-13(6-8-14)23(22-10-16(18,19)20)15(21)11-3-2-4-12(17)9-11/h2-10,21H,1H3/b21-15?,22-10+. The summed E-state index contributed by atoms with van der Waals surface area (Å²) in [6.07, 6.45) is -3.88. The topological polar surface area (TPSA) is 73.6 Å². The molecule has 2 aromatic carbocycles. The quantitative estimate of drug-likeness (QED) is 0.432. The maximum atomic E-state index is 12.5. The van der Waals surface area contributed by atoms with E-state index in [4.69, 9.17) is 5.41 Å². The lowest BCUT2D eigenvalue weighted by Crippen LogP contribution is -2.27. The third-order valence-corrected chi connectivity index (χ3v) is 4.76. The summed E-state index contributed by atoms with van der Waals surface area (Å²) in [5.74, 6) is -0.307. The van der Waals surface area contributed by atoms with Gasteiger partial charge < -0.3 is 0 Å². The Morgan fingerprint density at radius 2 is 1.81 bits per heavy atom.